The largest absolute Gasteiger partial charge is 0.508 e. The average Bonchev–Trinajstić information content (AvgIpc) is 2.90. The number of fused-ring (bicyclic) bond motifs is 3. The molecule has 0 saturated carbocycles. The molecule has 3 aliphatic heterocycles. The molecule has 0 aromatic heterocycles. The van der Waals surface area contributed by atoms with Crippen molar-refractivity contribution < 1.29 is 14.6 Å². The number of amides is 1. The number of ether oxygens (including phenoxy) is 1. The van der Waals surface area contributed by atoms with Gasteiger partial charge in [0, 0.05) is 22.7 Å². The molecule has 6 heteroatoms. The van der Waals surface area contributed by atoms with Crippen LogP contribution in [0.5, 0.6) is 11.5 Å². The minimum Gasteiger partial charge on any atom is -0.508 e. The lowest BCUT2D eigenvalue weighted by Gasteiger charge is -2.44. The van der Waals surface area contributed by atoms with Gasteiger partial charge < -0.3 is 20.5 Å². The second kappa shape index (κ2) is 5.57. The van der Waals surface area contributed by atoms with Crippen molar-refractivity contribution in [2.24, 2.45) is 5.73 Å². The lowest BCUT2D eigenvalue weighted by molar-refractivity contribution is -0.122. The van der Waals surface area contributed by atoms with E-state index in [0.717, 1.165) is 28.8 Å². The summed E-state index contributed by atoms with van der Waals surface area (Å²) in [6.07, 6.45) is 0.810. The maximum atomic E-state index is 14.3. The summed E-state index contributed by atoms with van der Waals surface area (Å²) in [5, 5.41) is 20.1. The number of phenolic OH excluding ortho intramolecular Hbond substituents is 1. The predicted molar refractivity (Wildman–Crippen MR) is 112 cm³/mol. The third-order valence-electron chi connectivity index (χ3n) is 6.70. The fourth-order valence-corrected chi connectivity index (χ4v) is 5.67. The minimum absolute atomic E-state index is 0.00262. The Morgan fingerprint density at radius 2 is 2.00 bits per heavy atom. The van der Waals surface area contributed by atoms with E-state index in [4.69, 9.17) is 10.5 Å². The number of hydrogen-bond donors (Lipinski definition) is 2. The van der Waals surface area contributed by atoms with Crippen LogP contribution in [-0.4, -0.2) is 16.6 Å². The van der Waals surface area contributed by atoms with Crippen LogP contribution in [0.4, 0.5) is 5.69 Å². The topological polar surface area (TPSA) is 99.6 Å². The molecule has 0 fully saturated rings. The first kappa shape index (κ1) is 18.6. The summed E-state index contributed by atoms with van der Waals surface area (Å²) < 4.78 is 5.69. The zero-order valence-corrected chi connectivity index (χ0v) is 17.4. The van der Waals surface area contributed by atoms with Crippen LogP contribution in [0.25, 0.3) is 0 Å². The quantitative estimate of drug-likeness (QED) is 0.701. The van der Waals surface area contributed by atoms with Gasteiger partial charge in [0.2, 0.25) is 11.8 Å². The fraction of sp³-hybridized carbons (Fsp3) is 0.333. The highest BCUT2D eigenvalue weighted by molar-refractivity contribution is 6.16. The molecule has 152 valence electrons. The van der Waals surface area contributed by atoms with Crippen LogP contribution in [0.15, 0.2) is 41.8 Å². The monoisotopic (exact) mass is 401 g/mol. The van der Waals surface area contributed by atoms with Crippen molar-refractivity contribution in [1.82, 2.24) is 0 Å². The van der Waals surface area contributed by atoms with Gasteiger partial charge in [0.15, 0.2) is 0 Å². The van der Waals surface area contributed by atoms with E-state index in [0.29, 0.717) is 11.3 Å². The van der Waals surface area contributed by atoms with Gasteiger partial charge in [0.05, 0.1) is 5.69 Å². The smallest absolute Gasteiger partial charge is 0.248 e. The Labute approximate surface area is 175 Å². The summed E-state index contributed by atoms with van der Waals surface area (Å²) in [5.74, 6) is 0.253. The highest BCUT2D eigenvalue weighted by Crippen LogP contribution is 2.61. The molecule has 5 rings (SSSR count). The summed E-state index contributed by atoms with van der Waals surface area (Å²) in [7, 11) is 0. The van der Waals surface area contributed by atoms with Crippen LogP contribution in [0.1, 0.15) is 55.4 Å². The maximum absolute atomic E-state index is 14.3. The number of aryl methyl sites for hydroxylation is 1. The number of anilines is 1. The number of carbonyl (C=O) groups excluding carboxylic acids is 1. The van der Waals surface area contributed by atoms with E-state index >= 15 is 0 Å². The molecule has 0 unspecified atom stereocenters. The third kappa shape index (κ3) is 2.00. The molecule has 0 radical (unpaired) electrons. The van der Waals surface area contributed by atoms with Gasteiger partial charge in [-0.2, -0.15) is 5.26 Å². The van der Waals surface area contributed by atoms with Crippen LogP contribution in [-0.2, 0) is 10.2 Å². The van der Waals surface area contributed by atoms with E-state index < -0.39 is 11.0 Å². The van der Waals surface area contributed by atoms with Crippen LogP contribution < -0.4 is 15.4 Å². The van der Waals surface area contributed by atoms with Crippen LogP contribution in [0.3, 0.4) is 0 Å². The Morgan fingerprint density at radius 3 is 2.70 bits per heavy atom. The van der Waals surface area contributed by atoms with Gasteiger partial charge in [-0.05, 0) is 50.8 Å². The maximum Gasteiger partial charge on any atom is 0.248 e. The molecule has 2 aromatic rings. The molecule has 0 saturated heterocycles. The Bertz CT molecular complexity index is 1220. The van der Waals surface area contributed by atoms with Gasteiger partial charge in [-0.15, -0.1) is 0 Å². The molecule has 30 heavy (non-hydrogen) atoms. The number of rotatable bonds is 0. The first-order chi connectivity index (χ1) is 14.1. The van der Waals surface area contributed by atoms with E-state index in [1.165, 1.54) is 12.1 Å². The second-order valence-electron chi connectivity index (χ2n) is 9.19. The third-order valence-corrected chi connectivity index (χ3v) is 6.70. The molecule has 1 amide bonds. The van der Waals surface area contributed by atoms with E-state index in [2.05, 4.69) is 32.9 Å². The van der Waals surface area contributed by atoms with Gasteiger partial charge in [-0.1, -0.05) is 24.6 Å². The van der Waals surface area contributed by atoms with Crippen molar-refractivity contribution in [3.63, 3.8) is 0 Å². The molecule has 0 bridgehead atoms. The number of benzene rings is 2. The molecule has 1 spiro atoms. The highest BCUT2D eigenvalue weighted by atomic mass is 16.5. The zero-order chi connectivity index (χ0) is 21.6. The number of nitriles is 1. The van der Waals surface area contributed by atoms with Gasteiger partial charge in [0.1, 0.15) is 28.6 Å². The molecule has 3 aliphatic rings. The van der Waals surface area contributed by atoms with Crippen molar-refractivity contribution >= 4 is 11.6 Å². The highest BCUT2D eigenvalue weighted by Gasteiger charge is 2.63. The second-order valence-corrected chi connectivity index (χ2v) is 9.19. The van der Waals surface area contributed by atoms with Gasteiger partial charge in [0.25, 0.3) is 0 Å². The van der Waals surface area contributed by atoms with Crippen LogP contribution in [0, 0.1) is 18.3 Å². The Balaban J connectivity index is 1.98. The molecule has 2 aromatic carbocycles. The predicted octanol–water partition coefficient (Wildman–Crippen LogP) is 3.71. The Kier molecular flexibility index (Phi) is 3.45. The number of carbonyl (C=O) groups is 1. The van der Waals surface area contributed by atoms with Crippen molar-refractivity contribution in [2.75, 3.05) is 4.90 Å². The average molecular weight is 401 g/mol. The summed E-state index contributed by atoms with van der Waals surface area (Å²) in [5.41, 5.74) is 8.75. The molecule has 2 atom stereocenters. The molecular formula is C24H23N3O3. The van der Waals surface area contributed by atoms with E-state index in [9.17, 15) is 15.2 Å². The van der Waals surface area contributed by atoms with Crippen LogP contribution >= 0.6 is 0 Å². The molecule has 3 heterocycles. The molecule has 6 nitrogen and oxygen atoms in total. The van der Waals surface area contributed by atoms with Crippen molar-refractivity contribution in [3.05, 3.63) is 64.0 Å². The summed E-state index contributed by atoms with van der Waals surface area (Å²) in [4.78, 5) is 16.2. The number of phenols is 1. The summed E-state index contributed by atoms with van der Waals surface area (Å²) in [6, 6.07) is 10.9. The van der Waals surface area contributed by atoms with Crippen LogP contribution in [0.2, 0.25) is 0 Å². The van der Waals surface area contributed by atoms with Crippen molar-refractivity contribution in [2.45, 2.75) is 51.0 Å². The number of hydrogen-bond acceptors (Lipinski definition) is 5. The molecule has 3 N–H and O–H groups in total. The zero-order valence-electron chi connectivity index (χ0n) is 17.4. The lowest BCUT2D eigenvalue weighted by Crippen LogP contribution is -2.54. The summed E-state index contributed by atoms with van der Waals surface area (Å²) in [6.45, 7) is 8.29. The van der Waals surface area contributed by atoms with E-state index in [1.807, 2.05) is 17.9 Å². The number of aromatic hydroxyl groups is 1. The van der Waals surface area contributed by atoms with Crippen molar-refractivity contribution in [1.29, 1.82) is 5.26 Å². The normalized spacial score (nSPS) is 25.6. The fourth-order valence-electron chi connectivity index (χ4n) is 5.67. The van der Waals surface area contributed by atoms with Gasteiger partial charge in [-0.25, -0.2) is 0 Å². The van der Waals surface area contributed by atoms with E-state index in [-0.39, 0.29) is 29.0 Å². The SMILES string of the molecule is Cc1cc2c3c(c1)[C@@]1(C(=O)N3C(C)(C)C[C@@H]2C)C(C#N)=C(N)Oc2cc(O)ccc21. The summed E-state index contributed by atoms with van der Waals surface area (Å²) >= 11 is 0. The number of nitrogens with zero attached hydrogens (tertiary/aromatic N) is 2. The molecule has 0 aliphatic carbocycles. The molecular weight excluding hydrogens is 378 g/mol. The standard InChI is InChI=1S/C24H23N3O3/c1-12-7-15-13(2)10-23(3,4)27-20(15)17(8-12)24(22(27)29)16-6-5-14(28)9-19(16)30-21(26)18(24)11-25/h5-9,13,28H,10,26H2,1-4H3/t13-,24+/m0/s1. The first-order valence-corrected chi connectivity index (χ1v) is 10.0. The lowest BCUT2D eigenvalue weighted by atomic mass is 9.68. The Morgan fingerprint density at radius 1 is 1.27 bits per heavy atom. The number of nitrogens with two attached hydrogens (primary N) is 1. The van der Waals surface area contributed by atoms with Gasteiger partial charge in [-0.3, -0.25) is 4.79 Å². The van der Waals surface area contributed by atoms with Gasteiger partial charge >= 0.3 is 0 Å². The first-order valence-electron chi connectivity index (χ1n) is 10.0. The minimum atomic E-state index is -1.39. The Hall–Kier alpha value is -3.46. The van der Waals surface area contributed by atoms with E-state index in [1.54, 1.807) is 6.07 Å². The van der Waals surface area contributed by atoms with Crippen molar-refractivity contribution in [3.8, 4) is 17.6 Å².